The van der Waals surface area contributed by atoms with Gasteiger partial charge in [-0.15, -0.1) is 0 Å². The van der Waals surface area contributed by atoms with Gasteiger partial charge < -0.3 is 5.11 Å². The molecule has 0 aliphatic carbocycles. The summed E-state index contributed by atoms with van der Waals surface area (Å²) in [6, 6.07) is 7.62. The van der Waals surface area contributed by atoms with Crippen molar-refractivity contribution in [1.82, 2.24) is 14.1 Å². The molecule has 0 atom stereocenters. The normalized spacial score (nSPS) is 11.6. The second-order valence-corrected chi connectivity index (χ2v) is 6.94. The molecule has 1 N–H and O–H groups in total. The fraction of sp³-hybridized carbons (Fsp3) is 0.250. The zero-order valence-corrected chi connectivity index (χ0v) is 15.5. The average molecular weight is 369 g/mol. The molecule has 3 aromatic rings. The molecule has 0 amide bonds. The van der Waals surface area contributed by atoms with E-state index in [1.165, 1.54) is 30.7 Å². The van der Waals surface area contributed by atoms with Crippen LogP contribution >= 0.6 is 0 Å². The van der Waals surface area contributed by atoms with Crippen LogP contribution in [0.2, 0.25) is 0 Å². The van der Waals surface area contributed by atoms with Crippen LogP contribution in [0.25, 0.3) is 11.5 Å². The molecular formula is C20H20FN3O3. The van der Waals surface area contributed by atoms with Crippen LogP contribution in [-0.2, 0) is 5.60 Å². The van der Waals surface area contributed by atoms with Crippen LogP contribution in [0.1, 0.15) is 30.7 Å². The molecule has 0 radical (unpaired) electrons. The maximum Gasteiger partial charge on any atom is 0.265 e. The van der Waals surface area contributed by atoms with Crippen molar-refractivity contribution >= 4 is 0 Å². The fourth-order valence-corrected chi connectivity index (χ4v) is 3.02. The Kier molecular flexibility index (Phi) is 4.57. The van der Waals surface area contributed by atoms with Gasteiger partial charge >= 0.3 is 0 Å². The number of pyridine rings is 3. The number of hydrogen-bond donors (Lipinski definition) is 1. The maximum atomic E-state index is 14.1. The first-order valence-electron chi connectivity index (χ1n) is 8.41. The lowest BCUT2D eigenvalue weighted by Crippen LogP contribution is -2.33. The van der Waals surface area contributed by atoms with Crippen molar-refractivity contribution in [2.24, 2.45) is 0 Å². The van der Waals surface area contributed by atoms with Gasteiger partial charge in [-0.1, -0.05) is 6.07 Å². The molecule has 3 aromatic heterocycles. The van der Waals surface area contributed by atoms with Crippen LogP contribution in [0.3, 0.4) is 0 Å². The first-order valence-corrected chi connectivity index (χ1v) is 8.41. The summed E-state index contributed by atoms with van der Waals surface area (Å²) in [5.41, 5.74) is -0.865. The van der Waals surface area contributed by atoms with Crippen LogP contribution in [0.4, 0.5) is 4.39 Å². The number of halogens is 1. The largest absolute Gasteiger partial charge is 0.385 e. The number of aromatic nitrogens is 3. The van der Waals surface area contributed by atoms with E-state index in [-0.39, 0.29) is 16.9 Å². The number of aliphatic hydroxyl groups is 1. The zero-order chi connectivity index (χ0) is 19.9. The molecule has 0 aromatic carbocycles. The minimum absolute atomic E-state index is 0.209. The third kappa shape index (κ3) is 3.33. The Morgan fingerprint density at radius 3 is 2.48 bits per heavy atom. The summed E-state index contributed by atoms with van der Waals surface area (Å²) < 4.78 is 16.8. The van der Waals surface area contributed by atoms with Crippen molar-refractivity contribution in [2.75, 3.05) is 0 Å². The lowest BCUT2D eigenvalue weighted by atomic mass is 9.99. The van der Waals surface area contributed by atoms with Crippen LogP contribution < -0.4 is 11.1 Å². The average Bonchev–Trinajstić information content (AvgIpc) is 2.55. The van der Waals surface area contributed by atoms with Gasteiger partial charge in [0.25, 0.3) is 11.1 Å². The summed E-state index contributed by atoms with van der Waals surface area (Å²) in [6.45, 7) is 6.30. The summed E-state index contributed by atoms with van der Waals surface area (Å²) in [5, 5.41) is 10.2. The van der Waals surface area contributed by atoms with E-state index in [1.807, 2.05) is 0 Å². The fourth-order valence-electron chi connectivity index (χ4n) is 3.02. The van der Waals surface area contributed by atoms with Crippen molar-refractivity contribution in [3.05, 3.63) is 86.1 Å². The Bertz CT molecular complexity index is 1140. The van der Waals surface area contributed by atoms with E-state index < -0.39 is 17.0 Å². The molecule has 3 rings (SSSR count). The zero-order valence-electron chi connectivity index (χ0n) is 15.5. The number of aryl methyl sites for hydroxylation is 2. The molecular weight excluding hydrogens is 349 g/mol. The Balaban J connectivity index is 2.28. The van der Waals surface area contributed by atoms with Gasteiger partial charge in [0.1, 0.15) is 11.6 Å². The van der Waals surface area contributed by atoms with Crippen LogP contribution in [0, 0.1) is 19.7 Å². The Labute approximate surface area is 155 Å². The van der Waals surface area contributed by atoms with Gasteiger partial charge in [0.15, 0.2) is 0 Å². The lowest BCUT2D eigenvalue weighted by Gasteiger charge is -2.19. The van der Waals surface area contributed by atoms with Gasteiger partial charge in [0.05, 0.1) is 16.9 Å². The SMILES string of the molecule is Cc1cnc(-n2ccc(F)c(C(C)(C)O)c2=O)cc1-n1c(C)cccc1=O. The highest BCUT2D eigenvalue weighted by Gasteiger charge is 2.26. The summed E-state index contributed by atoms with van der Waals surface area (Å²) in [7, 11) is 0. The van der Waals surface area contributed by atoms with Crippen LogP contribution in [0.5, 0.6) is 0 Å². The molecule has 0 unspecified atom stereocenters. The molecule has 0 bridgehead atoms. The van der Waals surface area contributed by atoms with Crippen LogP contribution in [0.15, 0.2) is 52.3 Å². The standard InChI is InChI=1S/C20H20FN3O3/c1-12-11-22-16(10-15(12)24-13(2)6-5-7-17(24)25)23-9-8-14(21)18(19(23)26)20(3,4)27/h5-11,27H,1-4H3. The topological polar surface area (TPSA) is 77.1 Å². The van der Waals surface area contributed by atoms with Gasteiger partial charge in [-0.05, 0) is 45.4 Å². The van der Waals surface area contributed by atoms with Crippen LogP contribution in [-0.4, -0.2) is 19.2 Å². The second kappa shape index (κ2) is 6.59. The van der Waals surface area contributed by atoms with E-state index in [1.54, 1.807) is 38.2 Å². The molecule has 0 saturated carbocycles. The summed E-state index contributed by atoms with van der Waals surface area (Å²) >= 11 is 0. The lowest BCUT2D eigenvalue weighted by molar-refractivity contribution is 0.0725. The minimum atomic E-state index is -1.65. The molecule has 3 heterocycles. The predicted octanol–water partition coefficient (Wildman–Crippen LogP) is 2.37. The first-order chi connectivity index (χ1) is 12.6. The molecule has 140 valence electrons. The molecule has 0 aliphatic rings. The molecule has 0 fully saturated rings. The van der Waals surface area contributed by atoms with Crippen molar-refractivity contribution in [2.45, 2.75) is 33.3 Å². The highest BCUT2D eigenvalue weighted by Crippen LogP contribution is 2.21. The quantitative estimate of drug-likeness (QED) is 0.769. The number of hydrogen-bond acceptors (Lipinski definition) is 4. The molecule has 0 spiro atoms. The summed E-state index contributed by atoms with van der Waals surface area (Å²) in [6.07, 6.45) is 2.80. The van der Waals surface area contributed by atoms with E-state index in [0.29, 0.717) is 5.69 Å². The third-order valence-corrected chi connectivity index (χ3v) is 4.35. The molecule has 6 nitrogen and oxygen atoms in total. The number of rotatable bonds is 3. The predicted molar refractivity (Wildman–Crippen MR) is 100 cm³/mol. The van der Waals surface area contributed by atoms with E-state index in [9.17, 15) is 19.1 Å². The highest BCUT2D eigenvalue weighted by atomic mass is 19.1. The first kappa shape index (κ1) is 18.7. The Hall–Kier alpha value is -3.06. The van der Waals surface area contributed by atoms with Crippen molar-refractivity contribution < 1.29 is 9.50 Å². The summed E-state index contributed by atoms with van der Waals surface area (Å²) in [5.74, 6) is -0.563. The minimum Gasteiger partial charge on any atom is -0.385 e. The van der Waals surface area contributed by atoms with Gasteiger partial charge in [0, 0.05) is 30.2 Å². The highest BCUT2D eigenvalue weighted by molar-refractivity contribution is 5.46. The van der Waals surface area contributed by atoms with E-state index in [4.69, 9.17) is 0 Å². The molecule has 7 heteroatoms. The number of nitrogens with zero attached hydrogens (tertiary/aromatic N) is 3. The van der Waals surface area contributed by atoms with E-state index in [0.717, 1.165) is 21.9 Å². The third-order valence-electron chi connectivity index (χ3n) is 4.35. The van der Waals surface area contributed by atoms with Gasteiger partial charge in [0.2, 0.25) is 0 Å². The van der Waals surface area contributed by atoms with Gasteiger partial charge in [-0.25, -0.2) is 9.37 Å². The van der Waals surface area contributed by atoms with Gasteiger partial charge in [-0.2, -0.15) is 0 Å². The Morgan fingerprint density at radius 1 is 1.15 bits per heavy atom. The Morgan fingerprint density at radius 2 is 1.85 bits per heavy atom. The van der Waals surface area contributed by atoms with E-state index >= 15 is 0 Å². The monoisotopic (exact) mass is 369 g/mol. The smallest absolute Gasteiger partial charge is 0.265 e. The maximum absolute atomic E-state index is 14.1. The summed E-state index contributed by atoms with van der Waals surface area (Å²) in [4.78, 5) is 29.3. The van der Waals surface area contributed by atoms with Gasteiger partial charge in [-0.3, -0.25) is 18.7 Å². The van der Waals surface area contributed by atoms with E-state index in [2.05, 4.69) is 4.98 Å². The molecule has 27 heavy (non-hydrogen) atoms. The second-order valence-electron chi connectivity index (χ2n) is 6.94. The van der Waals surface area contributed by atoms with Crippen molar-refractivity contribution in [1.29, 1.82) is 0 Å². The molecule has 0 saturated heterocycles. The molecule has 0 aliphatic heterocycles. The van der Waals surface area contributed by atoms with Crippen molar-refractivity contribution in [3.8, 4) is 11.5 Å². The van der Waals surface area contributed by atoms with Crippen molar-refractivity contribution in [3.63, 3.8) is 0 Å².